The zero-order valence-electron chi connectivity index (χ0n) is 13.2. The van der Waals surface area contributed by atoms with E-state index in [9.17, 15) is 8.78 Å². The molecule has 2 rings (SSSR count). The highest BCUT2D eigenvalue weighted by molar-refractivity contribution is 14.0. The van der Waals surface area contributed by atoms with E-state index in [0.29, 0.717) is 25.6 Å². The Morgan fingerprint density at radius 2 is 2.08 bits per heavy atom. The lowest BCUT2D eigenvalue weighted by atomic mass is 10.3. The van der Waals surface area contributed by atoms with Crippen LogP contribution in [0.4, 0.5) is 8.78 Å². The van der Waals surface area contributed by atoms with Crippen LogP contribution < -0.4 is 15.4 Å². The molecule has 0 amide bonds. The first-order valence-electron chi connectivity index (χ1n) is 7.31. The molecule has 0 bridgehead atoms. The number of benzene rings is 1. The second-order valence-electron chi connectivity index (χ2n) is 4.62. The van der Waals surface area contributed by atoms with Crippen molar-refractivity contribution in [2.75, 3.05) is 19.7 Å². The normalized spacial score (nSPS) is 10.9. The van der Waals surface area contributed by atoms with E-state index in [1.54, 1.807) is 12.3 Å². The zero-order chi connectivity index (χ0) is 16.5. The minimum atomic E-state index is -0.719. The fourth-order valence-corrected chi connectivity index (χ4v) is 1.82. The first-order chi connectivity index (χ1) is 11.2. The molecule has 0 saturated carbocycles. The topological polar surface area (TPSA) is 58.8 Å². The Labute approximate surface area is 156 Å². The largest absolute Gasteiger partial charge is 0.489 e. The molecule has 0 aliphatic rings. The standard InChI is InChI=1S/C16H19F2N3O2.HI/c1-2-19-16(21-11-13-4-3-8-22-13)20-7-9-23-15-6-5-12(17)10-14(15)18;/h3-6,8,10H,2,7,9,11H2,1H3,(H2,19,20,21);1H. The second kappa shape index (κ2) is 10.8. The number of hydrogen-bond acceptors (Lipinski definition) is 3. The van der Waals surface area contributed by atoms with Crippen molar-refractivity contribution in [3.05, 3.63) is 54.0 Å². The summed E-state index contributed by atoms with van der Waals surface area (Å²) in [6, 6.07) is 6.85. The van der Waals surface area contributed by atoms with E-state index in [2.05, 4.69) is 15.6 Å². The van der Waals surface area contributed by atoms with Gasteiger partial charge in [-0.05, 0) is 31.2 Å². The number of nitrogens with zero attached hydrogens (tertiary/aromatic N) is 1. The molecule has 0 aliphatic carbocycles. The summed E-state index contributed by atoms with van der Waals surface area (Å²) in [4.78, 5) is 4.35. The van der Waals surface area contributed by atoms with Gasteiger partial charge in [0.1, 0.15) is 24.7 Å². The van der Waals surface area contributed by atoms with Crippen LogP contribution in [-0.4, -0.2) is 25.7 Å². The van der Waals surface area contributed by atoms with Crippen LogP contribution in [0.1, 0.15) is 12.7 Å². The molecule has 1 aromatic heterocycles. The summed E-state index contributed by atoms with van der Waals surface area (Å²) in [5.41, 5.74) is 0. The van der Waals surface area contributed by atoms with Crippen LogP contribution >= 0.6 is 24.0 Å². The maximum absolute atomic E-state index is 13.4. The summed E-state index contributed by atoms with van der Waals surface area (Å²) in [5, 5.41) is 6.14. The van der Waals surface area contributed by atoms with Gasteiger partial charge in [-0.1, -0.05) is 0 Å². The summed E-state index contributed by atoms with van der Waals surface area (Å²) in [6.07, 6.45) is 1.59. The molecule has 0 spiro atoms. The van der Waals surface area contributed by atoms with Crippen LogP contribution in [0.15, 0.2) is 46.0 Å². The zero-order valence-corrected chi connectivity index (χ0v) is 15.6. The highest BCUT2D eigenvalue weighted by Crippen LogP contribution is 2.17. The quantitative estimate of drug-likeness (QED) is 0.294. The monoisotopic (exact) mass is 451 g/mol. The fraction of sp³-hybridized carbons (Fsp3) is 0.312. The van der Waals surface area contributed by atoms with Crippen molar-refractivity contribution < 1.29 is 17.9 Å². The number of hydrogen-bond donors (Lipinski definition) is 2. The van der Waals surface area contributed by atoms with Gasteiger partial charge < -0.3 is 19.8 Å². The van der Waals surface area contributed by atoms with Gasteiger partial charge in [0.2, 0.25) is 0 Å². The van der Waals surface area contributed by atoms with E-state index in [1.165, 1.54) is 6.07 Å². The number of nitrogens with one attached hydrogen (secondary N) is 2. The summed E-state index contributed by atoms with van der Waals surface area (Å²) >= 11 is 0. The van der Waals surface area contributed by atoms with Crippen LogP contribution in [0.5, 0.6) is 5.75 Å². The Balaban J connectivity index is 0.00000288. The summed E-state index contributed by atoms with van der Waals surface area (Å²) < 4.78 is 36.7. The fourth-order valence-electron chi connectivity index (χ4n) is 1.82. The highest BCUT2D eigenvalue weighted by atomic mass is 127. The van der Waals surface area contributed by atoms with Gasteiger partial charge in [0.25, 0.3) is 0 Å². The lowest BCUT2D eigenvalue weighted by molar-refractivity contribution is 0.304. The predicted octanol–water partition coefficient (Wildman–Crippen LogP) is 3.31. The molecule has 8 heteroatoms. The third-order valence-electron chi connectivity index (χ3n) is 2.86. The van der Waals surface area contributed by atoms with Crippen molar-refractivity contribution in [3.63, 3.8) is 0 Å². The van der Waals surface area contributed by atoms with E-state index >= 15 is 0 Å². The van der Waals surface area contributed by atoms with E-state index < -0.39 is 11.6 Å². The van der Waals surface area contributed by atoms with Crippen molar-refractivity contribution in [2.45, 2.75) is 13.5 Å². The molecular weight excluding hydrogens is 431 g/mol. The summed E-state index contributed by atoms with van der Waals surface area (Å²) in [5.74, 6) is 0.0282. The molecule has 1 aromatic carbocycles. The SMILES string of the molecule is CCNC(=NCc1ccco1)NCCOc1ccc(F)cc1F.I. The molecule has 132 valence electrons. The third kappa shape index (κ3) is 6.73. The number of aliphatic imine (C=N–C) groups is 1. The Kier molecular flexibility index (Phi) is 9.13. The number of ether oxygens (including phenoxy) is 1. The minimum absolute atomic E-state index is 0. The molecule has 0 atom stereocenters. The average Bonchev–Trinajstić information content (AvgIpc) is 3.04. The Bertz CT molecular complexity index is 636. The first kappa shape index (κ1) is 20.2. The van der Waals surface area contributed by atoms with E-state index in [4.69, 9.17) is 9.15 Å². The van der Waals surface area contributed by atoms with Crippen molar-refractivity contribution in [3.8, 4) is 5.75 Å². The predicted molar refractivity (Wildman–Crippen MR) is 98.8 cm³/mol. The van der Waals surface area contributed by atoms with E-state index in [0.717, 1.165) is 17.9 Å². The van der Waals surface area contributed by atoms with Crippen molar-refractivity contribution in [1.82, 2.24) is 10.6 Å². The van der Waals surface area contributed by atoms with Gasteiger partial charge >= 0.3 is 0 Å². The van der Waals surface area contributed by atoms with Crippen LogP contribution in [0.3, 0.4) is 0 Å². The molecular formula is C16H20F2IN3O2. The number of halogens is 3. The lowest BCUT2D eigenvalue weighted by Gasteiger charge is -2.12. The van der Waals surface area contributed by atoms with Crippen LogP contribution in [-0.2, 0) is 6.54 Å². The maximum atomic E-state index is 13.4. The van der Waals surface area contributed by atoms with Crippen LogP contribution in [0.2, 0.25) is 0 Å². The number of furan rings is 1. The van der Waals surface area contributed by atoms with Gasteiger partial charge in [-0.15, -0.1) is 24.0 Å². The lowest BCUT2D eigenvalue weighted by Crippen LogP contribution is -2.39. The Morgan fingerprint density at radius 1 is 1.25 bits per heavy atom. The first-order valence-corrected chi connectivity index (χ1v) is 7.31. The molecule has 0 fully saturated rings. The van der Waals surface area contributed by atoms with Gasteiger partial charge in [-0.3, -0.25) is 0 Å². The van der Waals surface area contributed by atoms with Crippen LogP contribution in [0.25, 0.3) is 0 Å². The van der Waals surface area contributed by atoms with E-state index in [1.807, 2.05) is 13.0 Å². The number of rotatable bonds is 7. The molecule has 0 unspecified atom stereocenters. The smallest absolute Gasteiger partial charge is 0.191 e. The molecule has 2 N–H and O–H groups in total. The van der Waals surface area contributed by atoms with Gasteiger partial charge in [-0.25, -0.2) is 13.8 Å². The molecule has 2 aromatic rings. The number of guanidine groups is 1. The average molecular weight is 451 g/mol. The van der Waals surface area contributed by atoms with Crippen molar-refractivity contribution in [1.29, 1.82) is 0 Å². The molecule has 1 heterocycles. The van der Waals surface area contributed by atoms with Gasteiger partial charge in [0, 0.05) is 12.6 Å². The maximum Gasteiger partial charge on any atom is 0.191 e. The van der Waals surface area contributed by atoms with Gasteiger partial charge in [0.15, 0.2) is 17.5 Å². The summed E-state index contributed by atoms with van der Waals surface area (Å²) in [6.45, 7) is 3.70. The van der Waals surface area contributed by atoms with E-state index in [-0.39, 0.29) is 36.3 Å². The van der Waals surface area contributed by atoms with Crippen LogP contribution in [0, 0.1) is 11.6 Å². The molecule has 24 heavy (non-hydrogen) atoms. The molecule has 0 radical (unpaired) electrons. The molecule has 0 saturated heterocycles. The van der Waals surface area contributed by atoms with Gasteiger partial charge in [0.05, 0.1) is 12.8 Å². The molecule has 0 aliphatic heterocycles. The van der Waals surface area contributed by atoms with Crippen molar-refractivity contribution in [2.24, 2.45) is 4.99 Å². The minimum Gasteiger partial charge on any atom is -0.489 e. The Hall–Kier alpha value is -1.84. The summed E-state index contributed by atoms with van der Waals surface area (Å²) in [7, 11) is 0. The molecule has 5 nitrogen and oxygen atoms in total. The highest BCUT2D eigenvalue weighted by Gasteiger charge is 2.05. The Morgan fingerprint density at radius 3 is 2.75 bits per heavy atom. The van der Waals surface area contributed by atoms with Gasteiger partial charge in [-0.2, -0.15) is 0 Å². The second-order valence-corrected chi connectivity index (χ2v) is 4.62. The van der Waals surface area contributed by atoms with Crippen molar-refractivity contribution >= 4 is 29.9 Å². The third-order valence-corrected chi connectivity index (χ3v) is 2.86.